The first-order valence-corrected chi connectivity index (χ1v) is 8.19. The molecule has 0 radical (unpaired) electrons. The van der Waals surface area contributed by atoms with E-state index >= 15 is 0 Å². The average molecular weight is 413 g/mol. The summed E-state index contributed by atoms with van der Waals surface area (Å²) < 4.78 is 5.55. The van der Waals surface area contributed by atoms with E-state index < -0.39 is 17.9 Å². The molecule has 0 aromatic heterocycles. The first-order valence-electron chi connectivity index (χ1n) is 7.02. The van der Waals surface area contributed by atoms with E-state index in [0.717, 1.165) is 10.0 Å². The molecule has 0 aliphatic carbocycles. The Labute approximate surface area is 152 Å². The Kier molecular flexibility index (Phi) is 6.23. The van der Waals surface area contributed by atoms with E-state index in [-0.39, 0.29) is 12.2 Å². The second-order valence-corrected chi connectivity index (χ2v) is 6.33. The summed E-state index contributed by atoms with van der Waals surface area (Å²) in [6, 6.07) is 10.1. The molecule has 1 amide bonds. The van der Waals surface area contributed by atoms with Crippen LogP contribution in [-0.2, 0) is 16.0 Å². The van der Waals surface area contributed by atoms with Crippen LogP contribution >= 0.6 is 27.5 Å². The molecule has 1 atom stereocenters. The van der Waals surface area contributed by atoms with Gasteiger partial charge in [-0.1, -0.05) is 27.5 Å². The summed E-state index contributed by atoms with van der Waals surface area (Å²) in [4.78, 5) is 24.3. The third kappa shape index (κ3) is 4.72. The van der Waals surface area contributed by atoms with Crippen molar-refractivity contribution >= 4 is 39.4 Å². The summed E-state index contributed by atoms with van der Waals surface area (Å²) >= 11 is 9.38. The Balaban J connectivity index is 2.19. The molecule has 7 heteroatoms. The van der Waals surface area contributed by atoms with Crippen LogP contribution in [-0.4, -0.2) is 30.1 Å². The van der Waals surface area contributed by atoms with Gasteiger partial charge in [0.15, 0.2) is 0 Å². The number of amides is 1. The number of benzene rings is 2. The van der Waals surface area contributed by atoms with Gasteiger partial charge in [-0.15, -0.1) is 0 Å². The Hall–Kier alpha value is -2.05. The lowest BCUT2D eigenvalue weighted by atomic mass is 10.1. The highest BCUT2D eigenvalue weighted by Gasteiger charge is 2.23. The van der Waals surface area contributed by atoms with Crippen LogP contribution in [0.1, 0.15) is 15.9 Å². The minimum absolute atomic E-state index is 0.0546. The van der Waals surface area contributed by atoms with Gasteiger partial charge in [-0.25, -0.2) is 4.79 Å². The van der Waals surface area contributed by atoms with E-state index in [1.54, 1.807) is 18.2 Å². The van der Waals surface area contributed by atoms with Crippen LogP contribution in [0.25, 0.3) is 0 Å². The van der Waals surface area contributed by atoms with E-state index in [4.69, 9.17) is 16.3 Å². The Morgan fingerprint density at radius 2 is 1.92 bits per heavy atom. The van der Waals surface area contributed by atoms with Gasteiger partial charge in [0.2, 0.25) is 0 Å². The largest absolute Gasteiger partial charge is 0.508 e. The summed E-state index contributed by atoms with van der Waals surface area (Å²) in [5.41, 5.74) is 1.09. The molecule has 0 saturated heterocycles. The number of aromatic hydroxyl groups is 1. The topological polar surface area (TPSA) is 75.6 Å². The number of phenolic OH excluding ortho intramolecular Hbond substituents is 1. The maximum Gasteiger partial charge on any atom is 0.328 e. The van der Waals surface area contributed by atoms with Crippen LogP contribution < -0.4 is 5.32 Å². The summed E-state index contributed by atoms with van der Waals surface area (Å²) in [5, 5.41) is 12.4. The number of hydrogen-bond donors (Lipinski definition) is 2. The highest BCUT2D eigenvalue weighted by Crippen LogP contribution is 2.23. The third-order valence-corrected chi connectivity index (χ3v) is 4.36. The number of nitrogens with one attached hydrogen (secondary N) is 1. The van der Waals surface area contributed by atoms with Gasteiger partial charge in [0.25, 0.3) is 5.91 Å². The van der Waals surface area contributed by atoms with Crippen molar-refractivity contribution in [2.75, 3.05) is 7.11 Å². The minimum atomic E-state index is -0.869. The Morgan fingerprint density at radius 1 is 1.25 bits per heavy atom. The maximum atomic E-state index is 12.3. The highest BCUT2D eigenvalue weighted by atomic mass is 79.9. The molecule has 2 rings (SSSR count). The molecule has 0 spiro atoms. The Morgan fingerprint density at radius 3 is 2.54 bits per heavy atom. The normalized spacial score (nSPS) is 11.6. The number of esters is 1. The van der Waals surface area contributed by atoms with Crippen LogP contribution in [0, 0.1) is 0 Å². The van der Waals surface area contributed by atoms with Gasteiger partial charge < -0.3 is 15.2 Å². The lowest BCUT2D eigenvalue weighted by Gasteiger charge is -2.17. The van der Waals surface area contributed by atoms with Crippen molar-refractivity contribution in [1.29, 1.82) is 0 Å². The highest BCUT2D eigenvalue weighted by molar-refractivity contribution is 9.10. The summed E-state index contributed by atoms with van der Waals surface area (Å²) in [6.07, 6.45) is 0.220. The number of phenols is 1. The van der Waals surface area contributed by atoms with Gasteiger partial charge >= 0.3 is 5.97 Å². The zero-order chi connectivity index (χ0) is 17.7. The molecule has 0 unspecified atom stereocenters. The van der Waals surface area contributed by atoms with Crippen molar-refractivity contribution in [2.45, 2.75) is 12.5 Å². The predicted octanol–water partition coefficient (Wildman–Crippen LogP) is 3.32. The molecule has 0 saturated carbocycles. The molecule has 0 bridgehead atoms. The monoisotopic (exact) mass is 411 g/mol. The summed E-state index contributed by atoms with van der Waals surface area (Å²) in [5.74, 6) is -0.948. The summed E-state index contributed by atoms with van der Waals surface area (Å²) in [7, 11) is 1.26. The average Bonchev–Trinajstić information content (AvgIpc) is 2.57. The first kappa shape index (κ1) is 18.3. The van der Waals surface area contributed by atoms with Crippen molar-refractivity contribution in [3.8, 4) is 5.75 Å². The van der Waals surface area contributed by atoms with Gasteiger partial charge in [-0.3, -0.25) is 4.79 Å². The second-order valence-electron chi connectivity index (χ2n) is 5.04. The van der Waals surface area contributed by atoms with Gasteiger partial charge in [0, 0.05) is 21.5 Å². The second kappa shape index (κ2) is 8.17. The van der Waals surface area contributed by atoms with Crippen molar-refractivity contribution in [2.24, 2.45) is 0 Å². The molecule has 2 aromatic rings. The number of carbonyl (C=O) groups is 2. The van der Waals surface area contributed by atoms with E-state index in [1.165, 1.54) is 31.4 Å². The quantitative estimate of drug-likeness (QED) is 0.739. The molecule has 2 aromatic carbocycles. The lowest BCUT2D eigenvalue weighted by Crippen LogP contribution is -2.43. The van der Waals surface area contributed by atoms with Crippen molar-refractivity contribution in [3.63, 3.8) is 0 Å². The number of rotatable bonds is 5. The molecule has 0 aliphatic rings. The van der Waals surface area contributed by atoms with Crippen LogP contribution in [0.5, 0.6) is 5.75 Å². The van der Waals surface area contributed by atoms with Crippen molar-refractivity contribution in [3.05, 3.63) is 63.1 Å². The van der Waals surface area contributed by atoms with Gasteiger partial charge in [-0.2, -0.15) is 0 Å². The SMILES string of the molecule is COC(=O)[C@H](Cc1cc(Cl)ccc1Br)NC(=O)c1ccc(O)cc1. The molecular formula is C17H15BrClNO4. The molecule has 0 aliphatic heterocycles. The van der Waals surface area contributed by atoms with Gasteiger partial charge in [0.05, 0.1) is 7.11 Å². The van der Waals surface area contributed by atoms with Gasteiger partial charge in [-0.05, 0) is 48.0 Å². The Bertz CT molecular complexity index is 749. The first-order chi connectivity index (χ1) is 11.4. The zero-order valence-corrected chi connectivity index (χ0v) is 15.1. The van der Waals surface area contributed by atoms with Gasteiger partial charge in [0.1, 0.15) is 11.8 Å². The van der Waals surface area contributed by atoms with E-state index in [2.05, 4.69) is 21.2 Å². The molecule has 24 heavy (non-hydrogen) atoms. The number of hydrogen-bond acceptors (Lipinski definition) is 4. The molecule has 126 valence electrons. The zero-order valence-electron chi connectivity index (χ0n) is 12.8. The maximum absolute atomic E-state index is 12.3. The van der Waals surface area contributed by atoms with E-state index in [1.807, 2.05) is 0 Å². The number of methoxy groups -OCH3 is 1. The number of carbonyl (C=O) groups excluding carboxylic acids is 2. The standard InChI is InChI=1S/C17H15BrClNO4/c1-24-17(23)15(9-11-8-12(19)4-7-14(11)18)20-16(22)10-2-5-13(21)6-3-10/h2-8,15,21H,9H2,1H3,(H,20,22)/t15-/m0/s1. The van der Waals surface area contributed by atoms with E-state index in [9.17, 15) is 14.7 Å². The van der Waals surface area contributed by atoms with Crippen LogP contribution in [0.4, 0.5) is 0 Å². The predicted molar refractivity (Wildman–Crippen MR) is 94.2 cm³/mol. The lowest BCUT2D eigenvalue weighted by molar-refractivity contribution is -0.142. The minimum Gasteiger partial charge on any atom is -0.508 e. The smallest absolute Gasteiger partial charge is 0.328 e. The molecule has 5 nitrogen and oxygen atoms in total. The van der Waals surface area contributed by atoms with Crippen LogP contribution in [0.2, 0.25) is 5.02 Å². The third-order valence-electron chi connectivity index (χ3n) is 3.35. The fourth-order valence-corrected chi connectivity index (χ4v) is 2.71. The fraction of sp³-hybridized carbons (Fsp3) is 0.176. The number of halogens is 2. The van der Waals surface area contributed by atoms with Crippen LogP contribution in [0.3, 0.4) is 0 Å². The molecular weight excluding hydrogens is 398 g/mol. The summed E-state index contributed by atoms with van der Waals surface area (Å²) in [6.45, 7) is 0. The van der Waals surface area contributed by atoms with E-state index in [0.29, 0.717) is 10.6 Å². The number of ether oxygens (including phenoxy) is 1. The van der Waals surface area contributed by atoms with Crippen molar-refractivity contribution in [1.82, 2.24) is 5.32 Å². The van der Waals surface area contributed by atoms with Crippen molar-refractivity contribution < 1.29 is 19.4 Å². The molecule has 2 N–H and O–H groups in total. The fourth-order valence-electron chi connectivity index (χ4n) is 2.11. The molecule has 0 heterocycles. The van der Waals surface area contributed by atoms with Crippen LogP contribution in [0.15, 0.2) is 46.9 Å². The molecule has 0 fully saturated rings.